The van der Waals surface area contributed by atoms with E-state index in [1.54, 1.807) is 36.4 Å². The van der Waals surface area contributed by atoms with Crippen molar-refractivity contribution in [3.63, 3.8) is 0 Å². The Kier molecular flexibility index (Phi) is 2.87. The Balaban J connectivity index is 2.04. The third-order valence-electron chi connectivity index (χ3n) is 2.96. The first-order valence-corrected chi connectivity index (χ1v) is 6.05. The van der Waals surface area contributed by atoms with Gasteiger partial charge in [-0.2, -0.15) is 4.57 Å². The standard InChI is InChI=1S/C15H11NO4/c1-10-6-2-4-8-12(10)19-14(17)16-11-7-3-5-9-13(11)20-15(16)18/h2-9H,1H3. The number of oxazole rings is 1. The van der Waals surface area contributed by atoms with Crippen molar-refractivity contribution in [1.29, 1.82) is 0 Å². The quantitative estimate of drug-likeness (QED) is 0.681. The van der Waals surface area contributed by atoms with Gasteiger partial charge in [-0.05, 0) is 30.7 Å². The van der Waals surface area contributed by atoms with Crippen LogP contribution in [0.15, 0.2) is 57.7 Å². The highest BCUT2D eigenvalue weighted by Gasteiger charge is 2.18. The molecule has 0 amide bonds. The molecular formula is C15H11NO4. The second kappa shape index (κ2) is 4.70. The van der Waals surface area contributed by atoms with E-state index < -0.39 is 11.8 Å². The Bertz CT molecular complexity index is 844. The van der Waals surface area contributed by atoms with Gasteiger partial charge in [0.2, 0.25) is 0 Å². The number of nitrogens with zero attached hydrogens (tertiary/aromatic N) is 1. The van der Waals surface area contributed by atoms with Crippen LogP contribution in [0.5, 0.6) is 5.75 Å². The van der Waals surface area contributed by atoms with Crippen molar-refractivity contribution in [1.82, 2.24) is 4.57 Å². The predicted octanol–water partition coefficient (Wildman–Crippen LogP) is 2.95. The summed E-state index contributed by atoms with van der Waals surface area (Å²) in [6.07, 6.45) is -0.783. The van der Waals surface area contributed by atoms with Gasteiger partial charge in [-0.15, -0.1) is 0 Å². The molecule has 100 valence electrons. The molecule has 0 spiro atoms. The summed E-state index contributed by atoms with van der Waals surface area (Å²) in [5.41, 5.74) is 1.54. The number of ether oxygens (including phenoxy) is 1. The lowest BCUT2D eigenvalue weighted by molar-refractivity contribution is 0.200. The third-order valence-corrected chi connectivity index (χ3v) is 2.96. The zero-order valence-corrected chi connectivity index (χ0v) is 10.7. The van der Waals surface area contributed by atoms with Gasteiger partial charge in [0.15, 0.2) is 5.58 Å². The summed E-state index contributed by atoms with van der Waals surface area (Å²) >= 11 is 0. The van der Waals surface area contributed by atoms with Gasteiger partial charge in [-0.25, -0.2) is 9.59 Å². The normalized spacial score (nSPS) is 10.7. The monoisotopic (exact) mass is 269 g/mol. The van der Waals surface area contributed by atoms with Crippen LogP contribution in [0.3, 0.4) is 0 Å². The molecule has 0 bridgehead atoms. The summed E-state index contributed by atoms with van der Waals surface area (Å²) in [6, 6.07) is 13.8. The highest BCUT2D eigenvalue weighted by molar-refractivity contribution is 5.86. The van der Waals surface area contributed by atoms with Crippen molar-refractivity contribution in [2.24, 2.45) is 0 Å². The SMILES string of the molecule is Cc1ccccc1OC(=O)n1c(=O)oc2ccccc21. The summed E-state index contributed by atoms with van der Waals surface area (Å²) in [7, 11) is 0. The minimum atomic E-state index is -0.783. The van der Waals surface area contributed by atoms with Crippen molar-refractivity contribution >= 4 is 17.2 Å². The molecule has 1 heterocycles. The molecular weight excluding hydrogens is 258 g/mol. The van der Waals surface area contributed by atoms with Crippen LogP contribution in [0.4, 0.5) is 4.79 Å². The van der Waals surface area contributed by atoms with Crippen molar-refractivity contribution in [2.45, 2.75) is 6.92 Å². The first-order valence-electron chi connectivity index (χ1n) is 6.05. The molecule has 5 heteroatoms. The van der Waals surface area contributed by atoms with Crippen molar-refractivity contribution < 1.29 is 13.9 Å². The van der Waals surface area contributed by atoms with Crippen LogP contribution < -0.4 is 10.5 Å². The van der Waals surface area contributed by atoms with Crippen LogP contribution in [0, 0.1) is 6.92 Å². The molecule has 3 rings (SSSR count). The van der Waals surface area contributed by atoms with E-state index >= 15 is 0 Å². The van der Waals surface area contributed by atoms with Crippen molar-refractivity contribution in [2.75, 3.05) is 0 Å². The molecule has 1 aromatic heterocycles. The maximum Gasteiger partial charge on any atom is 0.429 e. The van der Waals surface area contributed by atoms with E-state index in [0.29, 0.717) is 16.8 Å². The Labute approximate surface area is 114 Å². The van der Waals surface area contributed by atoms with Crippen LogP contribution in [0.25, 0.3) is 11.1 Å². The maximum atomic E-state index is 12.1. The average Bonchev–Trinajstić information content (AvgIpc) is 2.77. The Morgan fingerprint density at radius 3 is 2.60 bits per heavy atom. The van der Waals surface area contributed by atoms with Gasteiger partial charge in [0.25, 0.3) is 0 Å². The van der Waals surface area contributed by atoms with E-state index in [1.165, 1.54) is 0 Å². The summed E-state index contributed by atoms with van der Waals surface area (Å²) < 4.78 is 11.1. The molecule has 0 aliphatic carbocycles. The predicted molar refractivity (Wildman–Crippen MR) is 73.1 cm³/mol. The molecule has 20 heavy (non-hydrogen) atoms. The highest BCUT2D eigenvalue weighted by Crippen LogP contribution is 2.18. The smallest absolute Gasteiger partial charge is 0.409 e. The second-order valence-electron chi connectivity index (χ2n) is 4.30. The van der Waals surface area contributed by atoms with E-state index in [0.717, 1.165) is 10.1 Å². The molecule has 0 saturated carbocycles. The first-order chi connectivity index (χ1) is 9.66. The molecule has 0 saturated heterocycles. The Hall–Kier alpha value is -2.82. The molecule has 2 aromatic carbocycles. The fraction of sp³-hybridized carbons (Fsp3) is 0.0667. The number of carbonyl (C=O) groups is 1. The van der Waals surface area contributed by atoms with E-state index in [9.17, 15) is 9.59 Å². The molecule has 0 aliphatic heterocycles. The average molecular weight is 269 g/mol. The van der Waals surface area contributed by atoms with E-state index in [4.69, 9.17) is 9.15 Å². The van der Waals surface area contributed by atoms with Crippen LogP contribution >= 0.6 is 0 Å². The molecule has 0 aliphatic rings. The highest BCUT2D eigenvalue weighted by atomic mass is 16.6. The van der Waals surface area contributed by atoms with Crippen LogP contribution in [0.2, 0.25) is 0 Å². The first kappa shape index (κ1) is 12.2. The van der Waals surface area contributed by atoms with Gasteiger partial charge in [-0.1, -0.05) is 30.3 Å². The second-order valence-corrected chi connectivity index (χ2v) is 4.30. The number of rotatable bonds is 1. The fourth-order valence-corrected chi connectivity index (χ4v) is 1.95. The van der Waals surface area contributed by atoms with Crippen molar-refractivity contribution in [3.8, 4) is 5.75 Å². The van der Waals surface area contributed by atoms with Crippen molar-refractivity contribution in [3.05, 3.63) is 64.6 Å². The molecule has 0 atom stereocenters. The number of benzene rings is 2. The lowest BCUT2D eigenvalue weighted by Gasteiger charge is -2.06. The number of fused-ring (bicyclic) bond motifs is 1. The summed E-state index contributed by atoms with van der Waals surface area (Å²) in [4.78, 5) is 23.9. The van der Waals surface area contributed by atoms with Crippen LogP contribution in [0.1, 0.15) is 5.56 Å². The minimum absolute atomic E-state index is 0.347. The van der Waals surface area contributed by atoms with Gasteiger partial charge < -0.3 is 9.15 Å². The van der Waals surface area contributed by atoms with Crippen LogP contribution in [-0.4, -0.2) is 10.7 Å². The van der Waals surface area contributed by atoms with Gasteiger partial charge in [0.1, 0.15) is 11.3 Å². The third kappa shape index (κ3) is 1.99. The molecule has 0 N–H and O–H groups in total. The van der Waals surface area contributed by atoms with E-state index in [1.807, 2.05) is 19.1 Å². The van der Waals surface area contributed by atoms with E-state index in [-0.39, 0.29) is 0 Å². The fourth-order valence-electron chi connectivity index (χ4n) is 1.95. The van der Waals surface area contributed by atoms with Gasteiger partial charge in [-0.3, -0.25) is 0 Å². The number of aromatic nitrogens is 1. The zero-order chi connectivity index (χ0) is 14.1. The van der Waals surface area contributed by atoms with E-state index in [2.05, 4.69) is 0 Å². The summed E-state index contributed by atoms with van der Waals surface area (Å²) in [5.74, 6) is -0.348. The summed E-state index contributed by atoms with van der Waals surface area (Å²) in [6.45, 7) is 1.82. The minimum Gasteiger partial charge on any atom is -0.409 e. The lowest BCUT2D eigenvalue weighted by Crippen LogP contribution is -2.26. The maximum absolute atomic E-state index is 12.1. The number of hydrogen-bond acceptors (Lipinski definition) is 4. The van der Waals surface area contributed by atoms with Gasteiger partial charge in [0, 0.05) is 0 Å². The Morgan fingerprint density at radius 1 is 1.10 bits per heavy atom. The number of carbonyl (C=O) groups excluding carboxylic acids is 1. The number of hydrogen-bond donors (Lipinski definition) is 0. The zero-order valence-electron chi connectivity index (χ0n) is 10.7. The van der Waals surface area contributed by atoms with Gasteiger partial charge in [0.05, 0.1) is 0 Å². The van der Waals surface area contributed by atoms with Crippen LogP contribution in [-0.2, 0) is 0 Å². The Morgan fingerprint density at radius 2 is 1.80 bits per heavy atom. The topological polar surface area (TPSA) is 61.4 Å². The molecule has 5 nitrogen and oxygen atoms in total. The lowest BCUT2D eigenvalue weighted by atomic mass is 10.2. The molecule has 0 radical (unpaired) electrons. The number of aryl methyl sites for hydroxylation is 1. The number of para-hydroxylation sites is 3. The molecule has 0 fully saturated rings. The summed E-state index contributed by atoms with van der Waals surface area (Å²) in [5, 5.41) is 0. The molecule has 3 aromatic rings. The molecule has 0 unspecified atom stereocenters. The largest absolute Gasteiger partial charge is 0.429 e. The van der Waals surface area contributed by atoms with Gasteiger partial charge >= 0.3 is 11.8 Å².